The van der Waals surface area contributed by atoms with Crippen LogP contribution >= 0.6 is 7.82 Å². The molecule has 15 heteroatoms. The van der Waals surface area contributed by atoms with Crippen LogP contribution in [0.25, 0.3) is 11.2 Å². The summed E-state index contributed by atoms with van der Waals surface area (Å²) in [6.07, 6.45) is -5.99. The zero-order chi connectivity index (χ0) is 19.2. The largest absolute Gasteiger partial charge is 0.470 e. The van der Waals surface area contributed by atoms with Crippen LogP contribution in [0.1, 0.15) is 6.23 Å². The van der Waals surface area contributed by atoms with Gasteiger partial charge in [0.15, 0.2) is 23.8 Å². The van der Waals surface area contributed by atoms with Gasteiger partial charge < -0.3 is 36.2 Å². The number of nitrogens with two attached hydrogens (primary N) is 2. The van der Waals surface area contributed by atoms with Crippen LogP contribution in [-0.4, -0.2) is 69.8 Å². The number of ether oxygens (including phenoxy) is 1. The van der Waals surface area contributed by atoms with E-state index >= 15 is 0 Å². The van der Waals surface area contributed by atoms with Crippen LogP contribution in [0.2, 0.25) is 0 Å². The van der Waals surface area contributed by atoms with Gasteiger partial charge in [0.2, 0.25) is 5.91 Å². The summed E-state index contributed by atoms with van der Waals surface area (Å²) in [7, 11) is -5.13. The van der Waals surface area contributed by atoms with Gasteiger partial charge in [0.05, 0.1) is 6.33 Å². The minimum absolute atomic E-state index is 0.0678. The van der Waals surface area contributed by atoms with E-state index in [0.717, 1.165) is 6.33 Å². The van der Waals surface area contributed by atoms with E-state index in [1.807, 2.05) is 0 Å². The summed E-state index contributed by atoms with van der Waals surface area (Å²) in [5.41, 5.74) is 11.1. The molecule has 0 aliphatic carbocycles. The molecule has 0 saturated carbocycles. The number of phosphoric acid groups is 1. The van der Waals surface area contributed by atoms with E-state index in [1.165, 1.54) is 10.9 Å². The van der Waals surface area contributed by atoms with E-state index in [1.54, 1.807) is 0 Å². The number of hydrogen-bond acceptors (Lipinski definition) is 10. The maximum absolute atomic E-state index is 11.5. The second kappa shape index (κ2) is 6.51. The quantitative estimate of drug-likeness (QED) is 0.280. The summed E-state index contributed by atoms with van der Waals surface area (Å²) in [5.74, 6) is -1.23. The third kappa shape index (κ3) is 3.26. The van der Waals surface area contributed by atoms with Crippen molar-refractivity contribution in [1.29, 1.82) is 0 Å². The number of carbonyl (C=O) groups is 1. The minimum Gasteiger partial charge on any atom is -0.387 e. The lowest BCUT2D eigenvalue weighted by Crippen LogP contribution is -2.46. The van der Waals surface area contributed by atoms with Crippen LogP contribution in [0.3, 0.4) is 0 Å². The molecule has 3 heterocycles. The van der Waals surface area contributed by atoms with Crippen LogP contribution in [0.5, 0.6) is 0 Å². The Bertz CT molecular complexity index is 885. The topological polar surface area (TPSA) is 229 Å². The van der Waals surface area contributed by atoms with Crippen molar-refractivity contribution in [2.24, 2.45) is 5.73 Å². The molecule has 142 valence electrons. The van der Waals surface area contributed by atoms with E-state index < -0.39 is 44.4 Å². The molecular formula is C11H15N6O8P. The first-order valence-corrected chi connectivity index (χ1v) is 8.61. The second-order valence-electron chi connectivity index (χ2n) is 5.47. The average molecular weight is 390 g/mol. The number of anilines is 1. The van der Waals surface area contributed by atoms with Crippen molar-refractivity contribution in [3.05, 3.63) is 12.7 Å². The van der Waals surface area contributed by atoms with Gasteiger partial charge in [0.1, 0.15) is 30.2 Å². The van der Waals surface area contributed by atoms with Gasteiger partial charge in [0, 0.05) is 0 Å². The summed E-state index contributed by atoms with van der Waals surface area (Å²) >= 11 is 0. The van der Waals surface area contributed by atoms with Gasteiger partial charge >= 0.3 is 7.82 Å². The van der Waals surface area contributed by atoms with Crippen LogP contribution < -0.4 is 11.5 Å². The SMILES string of the molecule is NC(=O)C(OP(=O)(O)O)[C@H]1O[C@@H](n2cnc3c(N)ncnc32)[C@H](O)[C@@H]1O. The number of aromatic nitrogens is 4. The molecule has 1 amide bonds. The Hall–Kier alpha value is -2.19. The number of hydrogen-bond donors (Lipinski definition) is 6. The number of nitrogen functional groups attached to an aromatic ring is 1. The number of phosphoric ester groups is 1. The molecule has 1 fully saturated rings. The summed E-state index contributed by atoms with van der Waals surface area (Å²) in [4.78, 5) is 41.0. The van der Waals surface area contributed by atoms with Gasteiger partial charge in [-0.15, -0.1) is 0 Å². The Morgan fingerprint density at radius 3 is 2.62 bits per heavy atom. The Labute approximate surface area is 144 Å². The van der Waals surface area contributed by atoms with Crippen molar-refractivity contribution < 1.29 is 38.6 Å². The first-order chi connectivity index (χ1) is 12.1. The van der Waals surface area contributed by atoms with Gasteiger partial charge in [-0.25, -0.2) is 19.5 Å². The number of imidazole rings is 1. The van der Waals surface area contributed by atoms with Gasteiger partial charge in [-0.1, -0.05) is 0 Å². The fourth-order valence-electron chi connectivity index (χ4n) is 2.64. The number of primary amides is 1. The van der Waals surface area contributed by atoms with Crippen molar-refractivity contribution in [1.82, 2.24) is 19.5 Å². The highest BCUT2D eigenvalue weighted by molar-refractivity contribution is 7.46. The van der Waals surface area contributed by atoms with E-state index in [-0.39, 0.29) is 17.0 Å². The molecule has 0 bridgehead atoms. The van der Waals surface area contributed by atoms with E-state index in [0.29, 0.717) is 0 Å². The summed E-state index contributed by atoms with van der Waals surface area (Å²) < 4.78 is 22.0. The molecule has 2 aromatic rings. The van der Waals surface area contributed by atoms with Gasteiger partial charge in [-0.2, -0.15) is 0 Å². The van der Waals surface area contributed by atoms with Crippen LogP contribution in [-0.2, 0) is 18.6 Å². The van der Waals surface area contributed by atoms with E-state index in [4.69, 9.17) is 26.0 Å². The van der Waals surface area contributed by atoms with Gasteiger partial charge in [-0.3, -0.25) is 13.9 Å². The second-order valence-corrected chi connectivity index (χ2v) is 6.67. The molecule has 8 N–H and O–H groups in total. The van der Waals surface area contributed by atoms with Crippen molar-refractivity contribution in [2.75, 3.05) is 5.73 Å². The molecule has 0 aromatic carbocycles. The standard InChI is InChI=1S/C11H15N6O8P/c12-8-3-10(15-1-14-8)17(2-16-3)11-5(19)4(18)6(24-11)7(9(13)20)25-26(21,22)23/h1-2,4-7,11,18-19H,(H2,13,20)(H2,12,14,15)(H2,21,22,23)/t4-,5+,6-,7?,11+/m0/s1. The predicted octanol–water partition coefficient (Wildman–Crippen LogP) is -3.01. The average Bonchev–Trinajstić information content (AvgIpc) is 3.08. The van der Waals surface area contributed by atoms with Crippen LogP contribution in [0.15, 0.2) is 12.7 Å². The maximum Gasteiger partial charge on any atom is 0.470 e. The highest BCUT2D eigenvalue weighted by Gasteiger charge is 2.51. The normalized spacial score (nSPS) is 27.7. The van der Waals surface area contributed by atoms with Crippen LogP contribution in [0, 0.1) is 0 Å². The molecule has 1 saturated heterocycles. The zero-order valence-corrected chi connectivity index (χ0v) is 13.7. The van der Waals surface area contributed by atoms with Crippen molar-refractivity contribution in [3.63, 3.8) is 0 Å². The number of nitrogens with zero attached hydrogens (tertiary/aromatic N) is 4. The van der Waals surface area contributed by atoms with Gasteiger partial charge in [-0.05, 0) is 0 Å². The molecule has 1 unspecified atom stereocenters. The van der Waals surface area contributed by atoms with Crippen molar-refractivity contribution >= 4 is 30.7 Å². The first-order valence-electron chi connectivity index (χ1n) is 7.08. The molecule has 1 aliphatic heterocycles. The Morgan fingerprint density at radius 2 is 2.00 bits per heavy atom. The lowest BCUT2D eigenvalue weighted by Gasteiger charge is -2.23. The number of rotatable bonds is 5. The minimum atomic E-state index is -5.13. The predicted molar refractivity (Wildman–Crippen MR) is 81.8 cm³/mol. The number of carbonyl (C=O) groups excluding carboxylic acids is 1. The van der Waals surface area contributed by atoms with Crippen LogP contribution in [0.4, 0.5) is 5.82 Å². The van der Waals surface area contributed by atoms with Gasteiger partial charge in [0.25, 0.3) is 0 Å². The molecule has 26 heavy (non-hydrogen) atoms. The molecule has 5 atom stereocenters. The van der Waals surface area contributed by atoms with E-state index in [9.17, 15) is 19.6 Å². The molecular weight excluding hydrogens is 375 g/mol. The number of aliphatic hydroxyl groups is 2. The number of amides is 1. The van der Waals surface area contributed by atoms with Crippen molar-refractivity contribution in [3.8, 4) is 0 Å². The third-order valence-electron chi connectivity index (χ3n) is 3.77. The van der Waals surface area contributed by atoms with E-state index in [2.05, 4.69) is 19.5 Å². The summed E-state index contributed by atoms with van der Waals surface area (Å²) in [6.45, 7) is 0. The fraction of sp³-hybridized carbons (Fsp3) is 0.455. The summed E-state index contributed by atoms with van der Waals surface area (Å²) in [6, 6.07) is 0. The maximum atomic E-state index is 11.5. The lowest BCUT2D eigenvalue weighted by molar-refractivity contribution is -0.138. The Kier molecular flexibility index (Phi) is 4.66. The molecule has 2 aromatic heterocycles. The zero-order valence-electron chi connectivity index (χ0n) is 12.9. The van der Waals surface area contributed by atoms with Crippen molar-refractivity contribution in [2.45, 2.75) is 30.6 Å². The lowest BCUT2D eigenvalue weighted by atomic mass is 10.1. The highest BCUT2D eigenvalue weighted by Crippen LogP contribution is 2.42. The number of fused-ring (bicyclic) bond motifs is 1. The number of aliphatic hydroxyl groups excluding tert-OH is 2. The highest BCUT2D eigenvalue weighted by atomic mass is 31.2. The first kappa shape index (κ1) is 18.6. The molecule has 0 spiro atoms. The molecule has 3 rings (SSSR count). The fourth-order valence-corrected chi connectivity index (χ4v) is 3.16. The summed E-state index contributed by atoms with van der Waals surface area (Å²) in [5, 5.41) is 20.4. The monoisotopic (exact) mass is 390 g/mol. The Morgan fingerprint density at radius 1 is 1.31 bits per heavy atom. The molecule has 0 radical (unpaired) electrons. The molecule has 14 nitrogen and oxygen atoms in total. The third-order valence-corrected chi connectivity index (χ3v) is 4.27. The smallest absolute Gasteiger partial charge is 0.387 e. The molecule has 1 aliphatic rings. The Balaban J connectivity index is 1.95.